The summed E-state index contributed by atoms with van der Waals surface area (Å²) in [7, 11) is 0. The van der Waals surface area contributed by atoms with Crippen LogP contribution in [0.4, 0.5) is 0 Å². The molecule has 4 aliphatic carbocycles. The number of hydrogen-bond acceptors (Lipinski definition) is 0. The van der Waals surface area contributed by atoms with Crippen LogP contribution in [0.2, 0.25) is 0 Å². The molecule has 144 valence electrons. The molecule has 0 aliphatic heterocycles. The summed E-state index contributed by atoms with van der Waals surface area (Å²) < 4.78 is 0. The average Bonchev–Trinajstić information content (AvgIpc) is 2.91. The highest BCUT2D eigenvalue weighted by Gasteiger charge is 2.57. The van der Waals surface area contributed by atoms with Crippen molar-refractivity contribution in [2.45, 2.75) is 105 Å². The quantitative estimate of drug-likeness (QED) is 0.491. The van der Waals surface area contributed by atoms with Crippen molar-refractivity contribution in [1.82, 2.24) is 0 Å². The first-order valence-corrected chi connectivity index (χ1v) is 11.9. The molecule has 0 bridgehead atoms. The maximum atomic E-state index is 2.71. The predicted molar refractivity (Wildman–Crippen MR) is 108 cm³/mol. The van der Waals surface area contributed by atoms with Crippen molar-refractivity contribution in [2.24, 2.45) is 52.3 Å². The first kappa shape index (κ1) is 18.4. The summed E-state index contributed by atoms with van der Waals surface area (Å²) in [4.78, 5) is 0. The van der Waals surface area contributed by atoms with Gasteiger partial charge in [-0.1, -0.05) is 41.0 Å². The fourth-order valence-electron chi connectivity index (χ4n) is 9.15. The zero-order chi connectivity index (χ0) is 17.8. The first-order chi connectivity index (χ1) is 11.9. The molecule has 7 unspecified atom stereocenters. The van der Waals surface area contributed by atoms with Crippen LogP contribution in [0.1, 0.15) is 105 Å². The Morgan fingerprint density at radius 1 is 0.840 bits per heavy atom. The maximum absolute atomic E-state index is 2.71. The van der Waals surface area contributed by atoms with Gasteiger partial charge in [0, 0.05) is 0 Å². The molecule has 4 rings (SSSR count). The highest BCUT2D eigenvalue weighted by atomic mass is 14.6. The van der Waals surface area contributed by atoms with Gasteiger partial charge in [0.15, 0.2) is 0 Å². The van der Waals surface area contributed by atoms with Crippen molar-refractivity contribution in [3.05, 3.63) is 0 Å². The van der Waals surface area contributed by atoms with E-state index in [4.69, 9.17) is 0 Å². The minimum absolute atomic E-state index is 0.683. The fraction of sp³-hybridized carbons (Fsp3) is 1.00. The van der Waals surface area contributed by atoms with E-state index in [1.54, 1.807) is 44.9 Å². The van der Waals surface area contributed by atoms with Gasteiger partial charge in [-0.25, -0.2) is 0 Å². The first-order valence-electron chi connectivity index (χ1n) is 11.9. The second-order valence-corrected chi connectivity index (χ2v) is 11.7. The molecule has 4 aliphatic rings. The standard InChI is InChI=1S/C25H44/c1-6-13-24(4)14-11-19-18(16-24)7-8-21-20(19)12-15-25(5)22(17(2)3)9-10-23(21)25/h17-23H,6-16H2,1-5H3/t18?,19?,20?,21?,22?,23?,24-,25?/m0/s1. The van der Waals surface area contributed by atoms with E-state index >= 15 is 0 Å². The molecule has 0 aromatic rings. The van der Waals surface area contributed by atoms with Gasteiger partial charge in [-0.15, -0.1) is 0 Å². The Balaban J connectivity index is 1.50. The number of fused-ring (bicyclic) bond motifs is 5. The SMILES string of the molecule is CCC[C@@]1(C)CCC2C(CCC3C2CCC2(C)C(C(C)C)CCC32)C1. The molecule has 0 radical (unpaired) electrons. The summed E-state index contributed by atoms with van der Waals surface area (Å²) in [5.41, 5.74) is 1.37. The number of hydrogen-bond donors (Lipinski definition) is 0. The van der Waals surface area contributed by atoms with Crippen LogP contribution in [0.5, 0.6) is 0 Å². The molecular weight excluding hydrogens is 300 g/mol. The monoisotopic (exact) mass is 344 g/mol. The largest absolute Gasteiger partial charge is 0.0654 e. The van der Waals surface area contributed by atoms with Crippen LogP contribution in [-0.4, -0.2) is 0 Å². The third kappa shape index (κ3) is 2.93. The van der Waals surface area contributed by atoms with Crippen molar-refractivity contribution >= 4 is 0 Å². The second-order valence-electron chi connectivity index (χ2n) is 11.7. The summed E-state index contributed by atoms with van der Waals surface area (Å²) in [5, 5.41) is 0. The van der Waals surface area contributed by atoms with Crippen molar-refractivity contribution in [1.29, 1.82) is 0 Å². The molecule has 4 fully saturated rings. The molecule has 8 atom stereocenters. The van der Waals surface area contributed by atoms with E-state index in [1.807, 2.05) is 0 Å². The van der Waals surface area contributed by atoms with E-state index in [1.165, 1.54) is 25.7 Å². The van der Waals surface area contributed by atoms with E-state index in [2.05, 4.69) is 34.6 Å². The summed E-state index contributed by atoms with van der Waals surface area (Å²) in [6, 6.07) is 0. The Hall–Kier alpha value is 0. The predicted octanol–water partition coefficient (Wildman–Crippen LogP) is 7.72. The summed E-state index contributed by atoms with van der Waals surface area (Å²) in [5.74, 6) is 7.36. The zero-order valence-electron chi connectivity index (χ0n) is 17.8. The molecule has 0 amide bonds. The van der Waals surface area contributed by atoms with E-state index in [-0.39, 0.29) is 0 Å². The van der Waals surface area contributed by atoms with Crippen molar-refractivity contribution in [3.63, 3.8) is 0 Å². The van der Waals surface area contributed by atoms with E-state index in [0.29, 0.717) is 10.8 Å². The normalized spacial score (nSPS) is 52.6. The Labute approximate surface area is 157 Å². The lowest BCUT2D eigenvalue weighted by atomic mass is 9.47. The Kier molecular flexibility index (Phi) is 4.82. The van der Waals surface area contributed by atoms with Crippen molar-refractivity contribution in [2.75, 3.05) is 0 Å². The molecule has 0 N–H and O–H groups in total. The van der Waals surface area contributed by atoms with Crippen LogP contribution >= 0.6 is 0 Å². The minimum atomic E-state index is 0.683. The molecule has 0 aromatic carbocycles. The van der Waals surface area contributed by atoms with E-state index in [0.717, 1.165) is 41.4 Å². The smallest absolute Gasteiger partial charge is 0.0264 e. The van der Waals surface area contributed by atoms with E-state index in [9.17, 15) is 0 Å². The molecule has 0 spiro atoms. The van der Waals surface area contributed by atoms with Crippen LogP contribution in [0, 0.1) is 52.3 Å². The third-order valence-corrected chi connectivity index (χ3v) is 10.1. The topological polar surface area (TPSA) is 0 Å². The fourth-order valence-corrected chi connectivity index (χ4v) is 9.15. The summed E-state index contributed by atoms with van der Waals surface area (Å²) in [6.07, 6.45) is 16.9. The van der Waals surface area contributed by atoms with Crippen LogP contribution < -0.4 is 0 Å². The highest BCUT2D eigenvalue weighted by molar-refractivity contribution is 5.07. The minimum Gasteiger partial charge on any atom is -0.0654 e. The molecular formula is C25H44. The lowest BCUT2D eigenvalue weighted by molar-refractivity contribution is -0.0828. The van der Waals surface area contributed by atoms with Gasteiger partial charge in [-0.3, -0.25) is 0 Å². The Bertz CT molecular complexity index is 478. The molecule has 0 heterocycles. The molecule has 0 aromatic heterocycles. The molecule has 0 heteroatoms. The van der Waals surface area contributed by atoms with Crippen LogP contribution in [0.3, 0.4) is 0 Å². The summed E-state index contributed by atoms with van der Waals surface area (Å²) >= 11 is 0. The van der Waals surface area contributed by atoms with Gasteiger partial charge in [0.05, 0.1) is 0 Å². The zero-order valence-corrected chi connectivity index (χ0v) is 17.8. The van der Waals surface area contributed by atoms with Crippen LogP contribution in [-0.2, 0) is 0 Å². The van der Waals surface area contributed by atoms with Crippen molar-refractivity contribution in [3.8, 4) is 0 Å². The third-order valence-electron chi connectivity index (χ3n) is 10.1. The second kappa shape index (κ2) is 6.56. The van der Waals surface area contributed by atoms with Crippen LogP contribution in [0.25, 0.3) is 0 Å². The number of rotatable bonds is 3. The van der Waals surface area contributed by atoms with Gasteiger partial charge in [0.2, 0.25) is 0 Å². The lowest BCUT2D eigenvalue weighted by Crippen LogP contribution is -2.49. The van der Waals surface area contributed by atoms with Gasteiger partial charge in [-0.2, -0.15) is 0 Å². The van der Waals surface area contributed by atoms with Gasteiger partial charge in [0.25, 0.3) is 0 Å². The molecule has 0 saturated heterocycles. The lowest BCUT2D eigenvalue weighted by Gasteiger charge is -2.58. The van der Waals surface area contributed by atoms with Crippen molar-refractivity contribution < 1.29 is 0 Å². The maximum Gasteiger partial charge on any atom is -0.0264 e. The molecule has 4 saturated carbocycles. The average molecular weight is 345 g/mol. The van der Waals surface area contributed by atoms with Gasteiger partial charge in [-0.05, 0) is 116 Å². The van der Waals surface area contributed by atoms with Gasteiger partial charge >= 0.3 is 0 Å². The highest BCUT2D eigenvalue weighted by Crippen LogP contribution is 2.66. The molecule has 25 heavy (non-hydrogen) atoms. The Morgan fingerprint density at radius 3 is 2.32 bits per heavy atom. The summed E-state index contributed by atoms with van der Waals surface area (Å²) in [6.45, 7) is 12.7. The Morgan fingerprint density at radius 2 is 1.60 bits per heavy atom. The molecule has 0 nitrogen and oxygen atoms in total. The van der Waals surface area contributed by atoms with E-state index < -0.39 is 0 Å². The van der Waals surface area contributed by atoms with Gasteiger partial charge in [0.1, 0.15) is 0 Å². The van der Waals surface area contributed by atoms with Gasteiger partial charge < -0.3 is 0 Å². The van der Waals surface area contributed by atoms with Crippen LogP contribution in [0.15, 0.2) is 0 Å².